The molecule has 0 heterocycles. The third-order valence-corrected chi connectivity index (χ3v) is 2.55. The summed E-state index contributed by atoms with van der Waals surface area (Å²) in [5, 5.41) is 9.42. The van der Waals surface area contributed by atoms with Gasteiger partial charge in [0.2, 0.25) is 0 Å². The maximum absolute atomic E-state index is 9.42. The Labute approximate surface area is 102 Å². The lowest BCUT2D eigenvalue weighted by molar-refractivity contribution is 0.0325. The number of methoxy groups -OCH3 is 1. The topological polar surface area (TPSA) is 64.7 Å². The van der Waals surface area contributed by atoms with Gasteiger partial charge in [0.1, 0.15) is 18.5 Å². The molecule has 4 heteroatoms. The summed E-state index contributed by atoms with van der Waals surface area (Å²) < 4.78 is 10.2. The second-order valence-electron chi connectivity index (χ2n) is 4.00. The largest absolute Gasteiger partial charge is 0.491 e. The van der Waals surface area contributed by atoms with Crippen LogP contribution in [0, 0.1) is 0 Å². The molecule has 0 aliphatic heterocycles. The molecule has 0 spiro atoms. The zero-order valence-corrected chi connectivity index (χ0v) is 10.4. The van der Waals surface area contributed by atoms with Crippen molar-refractivity contribution < 1.29 is 14.6 Å². The molecular weight excluding hydrogens is 218 g/mol. The van der Waals surface area contributed by atoms with Crippen molar-refractivity contribution in [1.82, 2.24) is 0 Å². The smallest absolute Gasteiger partial charge is 0.119 e. The van der Waals surface area contributed by atoms with Gasteiger partial charge in [-0.05, 0) is 24.1 Å². The third-order valence-electron chi connectivity index (χ3n) is 2.55. The molecule has 1 aromatic rings. The molecule has 0 bridgehead atoms. The van der Waals surface area contributed by atoms with Crippen LogP contribution in [0.25, 0.3) is 0 Å². The Balaban J connectivity index is 2.45. The SMILES string of the molecule is CCC(N)c1ccc(OCC(O)COC)cc1. The van der Waals surface area contributed by atoms with Crippen LogP contribution >= 0.6 is 0 Å². The van der Waals surface area contributed by atoms with E-state index in [9.17, 15) is 5.11 Å². The Bertz CT molecular complexity index is 313. The Kier molecular flexibility index (Phi) is 5.97. The van der Waals surface area contributed by atoms with Gasteiger partial charge in [-0.15, -0.1) is 0 Å². The van der Waals surface area contributed by atoms with Crippen molar-refractivity contribution in [3.05, 3.63) is 29.8 Å². The Hall–Kier alpha value is -1.10. The molecule has 2 atom stereocenters. The summed E-state index contributed by atoms with van der Waals surface area (Å²) in [5.74, 6) is 0.729. The first-order valence-corrected chi connectivity index (χ1v) is 5.82. The Morgan fingerprint density at radius 3 is 2.41 bits per heavy atom. The van der Waals surface area contributed by atoms with E-state index in [0.717, 1.165) is 17.7 Å². The first kappa shape index (κ1) is 14.0. The summed E-state index contributed by atoms with van der Waals surface area (Å²) in [4.78, 5) is 0. The minimum Gasteiger partial charge on any atom is -0.491 e. The quantitative estimate of drug-likeness (QED) is 0.756. The van der Waals surface area contributed by atoms with Crippen LogP contribution in [0.1, 0.15) is 24.9 Å². The van der Waals surface area contributed by atoms with E-state index < -0.39 is 6.10 Å². The van der Waals surface area contributed by atoms with Gasteiger partial charge in [-0.3, -0.25) is 0 Å². The summed E-state index contributed by atoms with van der Waals surface area (Å²) in [6, 6.07) is 7.70. The van der Waals surface area contributed by atoms with Crippen molar-refractivity contribution in [3.8, 4) is 5.75 Å². The minimum absolute atomic E-state index is 0.0723. The Morgan fingerprint density at radius 2 is 1.88 bits per heavy atom. The van der Waals surface area contributed by atoms with E-state index >= 15 is 0 Å². The number of ether oxygens (including phenoxy) is 2. The maximum Gasteiger partial charge on any atom is 0.119 e. The molecular formula is C13H21NO3. The van der Waals surface area contributed by atoms with Crippen molar-refractivity contribution in [3.63, 3.8) is 0 Å². The number of aliphatic hydroxyl groups excluding tert-OH is 1. The van der Waals surface area contributed by atoms with Crippen molar-refractivity contribution in [2.45, 2.75) is 25.5 Å². The minimum atomic E-state index is -0.599. The zero-order valence-electron chi connectivity index (χ0n) is 10.4. The molecule has 1 aromatic carbocycles. The monoisotopic (exact) mass is 239 g/mol. The number of hydrogen-bond donors (Lipinski definition) is 2. The summed E-state index contributed by atoms with van der Waals surface area (Å²) in [5.41, 5.74) is 7.00. The molecule has 1 rings (SSSR count). The fourth-order valence-corrected chi connectivity index (χ4v) is 1.48. The van der Waals surface area contributed by atoms with Crippen LogP contribution in [0.2, 0.25) is 0 Å². The normalized spacial score (nSPS) is 14.4. The molecule has 0 saturated heterocycles. The fraction of sp³-hybridized carbons (Fsp3) is 0.538. The highest BCUT2D eigenvalue weighted by atomic mass is 16.5. The van der Waals surface area contributed by atoms with Gasteiger partial charge in [0.15, 0.2) is 0 Å². The summed E-state index contributed by atoms with van der Waals surface area (Å²) in [6.45, 7) is 2.56. The van der Waals surface area contributed by atoms with Crippen LogP contribution in [0.5, 0.6) is 5.75 Å². The Morgan fingerprint density at radius 1 is 1.24 bits per heavy atom. The van der Waals surface area contributed by atoms with Crippen LogP contribution in [-0.4, -0.2) is 31.5 Å². The molecule has 0 aliphatic rings. The highest BCUT2D eigenvalue weighted by molar-refractivity contribution is 5.28. The molecule has 0 fully saturated rings. The molecule has 0 aromatic heterocycles. The van der Waals surface area contributed by atoms with E-state index in [2.05, 4.69) is 6.92 Å². The van der Waals surface area contributed by atoms with Crippen LogP contribution < -0.4 is 10.5 Å². The van der Waals surface area contributed by atoms with E-state index in [1.165, 1.54) is 0 Å². The summed E-state index contributed by atoms with van der Waals surface area (Å²) in [7, 11) is 1.55. The predicted octanol–water partition coefficient (Wildman–Crippen LogP) is 1.48. The van der Waals surface area contributed by atoms with Crippen LogP contribution in [-0.2, 0) is 4.74 Å². The fourth-order valence-electron chi connectivity index (χ4n) is 1.48. The number of nitrogens with two attached hydrogens (primary N) is 1. The highest BCUT2D eigenvalue weighted by Gasteiger charge is 2.06. The highest BCUT2D eigenvalue weighted by Crippen LogP contribution is 2.18. The lowest BCUT2D eigenvalue weighted by Crippen LogP contribution is -2.22. The molecule has 0 aliphatic carbocycles. The van der Waals surface area contributed by atoms with Crippen LogP contribution in [0.4, 0.5) is 0 Å². The molecule has 96 valence electrons. The van der Waals surface area contributed by atoms with E-state index in [0.29, 0.717) is 0 Å². The summed E-state index contributed by atoms with van der Waals surface area (Å²) >= 11 is 0. The van der Waals surface area contributed by atoms with Crippen molar-refractivity contribution in [1.29, 1.82) is 0 Å². The van der Waals surface area contributed by atoms with Gasteiger partial charge in [0.05, 0.1) is 6.61 Å². The van der Waals surface area contributed by atoms with E-state index in [1.54, 1.807) is 7.11 Å². The predicted molar refractivity (Wildman–Crippen MR) is 67.0 cm³/mol. The van der Waals surface area contributed by atoms with Crippen molar-refractivity contribution in [2.24, 2.45) is 5.73 Å². The van der Waals surface area contributed by atoms with Gasteiger partial charge in [-0.25, -0.2) is 0 Å². The van der Waals surface area contributed by atoms with E-state index in [1.807, 2.05) is 24.3 Å². The molecule has 3 N–H and O–H groups in total. The van der Waals surface area contributed by atoms with Gasteiger partial charge in [-0.2, -0.15) is 0 Å². The van der Waals surface area contributed by atoms with Gasteiger partial charge >= 0.3 is 0 Å². The van der Waals surface area contributed by atoms with E-state index in [-0.39, 0.29) is 19.3 Å². The molecule has 4 nitrogen and oxygen atoms in total. The number of benzene rings is 1. The molecule has 17 heavy (non-hydrogen) atoms. The number of rotatable bonds is 7. The third kappa shape index (κ3) is 4.73. The first-order chi connectivity index (χ1) is 8.17. The van der Waals surface area contributed by atoms with Gasteiger partial charge < -0.3 is 20.3 Å². The average molecular weight is 239 g/mol. The van der Waals surface area contributed by atoms with Gasteiger partial charge in [0, 0.05) is 13.2 Å². The average Bonchev–Trinajstić information content (AvgIpc) is 2.36. The second-order valence-corrected chi connectivity index (χ2v) is 4.00. The molecule has 0 radical (unpaired) electrons. The van der Waals surface area contributed by atoms with Gasteiger partial charge in [-0.1, -0.05) is 19.1 Å². The van der Waals surface area contributed by atoms with Crippen LogP contribution in [0.3, 0.4) is 0 Å². The second kappa shape index (κ2) is 7.27. The standard InChI is InChI=1S/C13H21NO3/c1-3-13(14)10-4-6-12(7-5-10)17-9-11(15)8-16-2/h4-7,11,13,15H,3,8-9,14H2,1-2H3. The molecule has 2 unspecified atom stereocenters. The maximum atomic E-state index is 9.42. The summed E-state index contributed by atoms with van der Waals surface area (Å²) in [6.07, 6.45) is 0.310. The lowest BCUT2D eigenvalue weighted by Gasteiger charge is -2.13. The number of hydrogen-bond acceptors (Lipinski definition) is 4. The van der Waals surface area contributed by atoms with Crippen molar-refractivity contribution >= 4 is 0 Å². The zero-order chi connectivity index (χ0) is 12.7. The van der Waals surface area contributed by atoms with Crippen LogP contribution in [0.15, 0.2) is 24.3 Å². The van der Waals surface area contributed by atoms with Crippen molar-refractivity contribution in [2.75, 3.05) is 20.3 Å². The lowest BCUT2D eigenvalue weighted by atomic mass is 10.1. The van der Waals surface area contributed by atoms with Gasteiger partial charge in [0.25, 0.3) is 0 Å². The van der Waals surface area contributed by atoms with E-state index in [4.69, 9.17) is 15.2 Å². The number of aliphatic hydroxyl groups is 1. The first-order valence-electron chi connectivity index (χ1n) is 5.82. The molecule has 0 saturated carbocycles. The molecule has 0 amide bonds.